The molecule has 35 heavy (non-hydrogen) atoms. The average molecular weight is 491 g/mol. The second-order valence-corrected chi connectivity index (χ2v) is 9.03. The van der Waals surface area contributed by atoms with Crippen LogP contribution in [0.3, 0.4) is 0 Å². The molecule has 0 aliphatic carbocycles. The maximum atomic E-state index is 15.7. The van der Waals surface area contributed by atoms with Crippen LogP contribution < -0.4 is 10.6 Å². The van der Waals surface area contributed by atoms with Crippen LogP contribution in [0.1, 0.15) is 38.9 Å². The average Bonchev–Trinajstić information content (AvgIpc) is 3.30. The van der Waals surface area contributed by atoms with Crippen molar-refractivity contribution in [1.82, 2.24) is 14.9 Å². The summed E-state index contributed by atoms with van der Waals surface area (Å²) in [7, 11) is 0. The number of hydrogen-bond donors (Lipinski definition) is 1. The van der Waals surface area contributed by atoms with Gasteiger partial charge in [-0.25, -0.2) is 23.1 Å². The number of rotatable bonds is 5. The quantitative estimate of drug-likeness (QED) is 0.637. The molecule has 0 aromatic carbocycles. The third kappa shape index (κ3) is 4.56. The van der Waals surface area contributed by atoms with Gasteiger partial charge in [-0.05, 0) is 38.3 Å². The Morgan fingerprint density at radius 2 is 2.14 bits per heavy atom. The summed E-state index contributed by atoms with van der Waals surface area (Å²) in [4.78, 5) is 29.0. The molecule has 188 valence electrons. The topological polar surface area (TPSA) is 96.9 Å². The van der Waals surface area contributed by atoms with E-state index in [2.05, 4.69) is 21.5 Å². The molecule has 3 unspecified atom stereocenters. The Labute approximate surface area is 202 Å². The zero-order chi connectivity index (χ0) is 25.3. The van der Waals surface area contributed by atoms with Crippen LogP contribution in [-0.2, 0) is 9.53 Å². The number of carbonyl (C=O) groups excluding carboxylic acids is 1. The van der Waals surface area contributed by atoms with Gasteiger partial charge in [0.05, 0.1) is 30.9 Å². The van der Waals surface area contributed by atoms with E-state index in [1.807, 2.05) is 0 Å². The molecule has 1 aromatic heterocycles. The standard InChI is InChI=1S/C24H29F3N6O2/c1-14(11-30-16(3)15(2)25)19-5-4-17-13-35-24(23(34)33(17)19)7-9-32(12-20(24)27)21-6-8-29-22(31-21)18(26)10-28/h6,8,10-11,17,19-20H,1,4-5,7,9,12-13,28H2,2-3H3/b16-15+,18-10+,30-11?/t17?,19-,20?,24?/m0/s1. The molecule has 3 aliphatic rings. The molecule has 3 aliphatic heterocycles. The van der Waals surface area contributed by atoms with E-state index >= 15 is 4.39 Å². The second-order valence-electron chi connectivity index (χ2n) is 9.03. The summed E-state index contributed by atoms with van der Waals surface area (Å²) in [5.41, 5.74) is 4.39. The summed E-state index contributed by atoms with van der Waals surface area (Å²) < 4.78 is 48.8. The molecule has 4 rings (SSSR count). The minimum atomic E-state index is -1.64. The van der Waals surface area contributed by atoms with Crippen molar-refractivity contribution in [3.63, 3.8) is 0 Å². The molecule has 2 N–H and O–H groups in total. The summed E-state index contributed by atoms with van der Waals surface area (Å²) in [5.74, 6) is -1.45. The molecule has 1 spiro atoms. The number of alkyl halides is 1. The number of amides is 1. The van der Waals surface area contributed by atoms with Crippen LogP contribution in [0.2, 0.25) is 0 Å². The van der Waals surface area contributed by atoms with E-state index < -0.39 is 29.3 Å². The normalized spacial score (nSPS) is 30.1. The Morgan fingerprint density at radius 3 is 2.83 bits per heavy atom. The lowest BCUT2D eigenvalue weighted by Gasteiger charge is -2.50. The first kappa shape index (κ1) is 24.9. The van der Waals surface area contributed by atoms with Gasteiger partial charge in [-0.3, -0.25) is 9.79 Å². The number of morpholine rings is 1. The van der Waals surface area contributed by atoms with Gasteiger partial charge in [0.1, 0.15) is 11.6 Å². The number of halogens is 3. The van der Waals surface area contributed by atoms with Gasteiger partial charge in [-0.15, -0.1) is 0 Å². The van der Waals surface area contributed by atoms with Crippen LogP contribution in [0, 0.1) is 0 Å². The molecule has 8 nitrogen and oxygen atoms in total. The first-order valence-electron chi connectivity index (χ1n) is 11.5. The SMILES string of the molecule is C=C(C=N/C(C)=C(\C)F)[C@@H]1CCC2COC3(CCN(c4ccnc(/C(F)=C\N)n4)CC3F)C(=O)N21. The third-order valence-electron chi connectivity index (χ3n) is 6.95. The molecule has 1 amide bonds. The smallest absolute Gasteiger partial charge is 0.258 e. The Morgan fingerprint density at radius 1 is 1.37 bits per heavy atom. The molecule has 0 radical (unpaired) electrons. The van der Waals surface area contributed by atoms with E-state index in [-0.39, 0.29) is 49.7 Å². The largest absolute Gasteiger partial charge is 0.402 e. The number of anilines is 1. The van der Waals surface area contributed by atoms with Crippen molar-refractivity contribution in [3.8, 4) is 0 Å². The van der Waals surface area contributed by atoms with Gasteiger partial charge in [0.25, 0.3) is 5.91 Å². The monoisotopic (exact) mass is 490 g/mol. The Balaban J connectivity index is 1.52. The van der Waals surface area contributed by atoms with E-state index in [9.17, 15) is 13.6 Å². The van der Waals surface area contributed by atoms with Gasteiger partial charge >= 0.3 is 0 Å². The van der Waals surface area contributed by atoms with Gasteiger partial charge < -0.3 is 20.3 Å². The number of ether oxygens (including phenoxy) is 1. The van der Waals surface area contributed by atoms with Crippen molar-refractivity contribution in [1.29, 1.82) is 0 Å². The maximum Gasteiger partial charge on any atom is 0.258 e. The number of allylic oxidation sites excluding steroid dienone is 2. The molecule has 3 fully saturated rings. The lowest BCUT2D eigenvalue weighted by molar-refractivity contribution is -0.194. The highest BCUT2D eigenvalue weighted by molar-refractivity contribution is 5.90. The van der Waals surface area contributed by atoms with Crippen molar-refractivity contribution in [2.75, 3.05) is 24.6 Å². The van der Waals surface area contributed by atoms with Crippen molar-refractivity contribution in [2.45, 2.75) is 57.0 Å². The maximum absolute atomic E-state index is 15.7. The Bertz CT molecular complexity index is 1100. The number of aromatic nitrogens is 2. The number of aliphatic imine (C=N–C) groups is 1. The molecule has 4 atom stereocenters. The molecular weight excluding hydrogens is 461 g/mol. The van der Waals surface area contributed by atoms with Crippen LogP contribution in [0.15, 0.2) is 47.1 Å². The molecular formula is C24H29F3N6O2. The zero-order valence-corrected chi connectivity index (χ0v) is 19.8. The number of nitrogens with zero attached hydrogens (tertiary/aromatic N) is 5. The lowest BCUT2D eigenvalue weighted by atomic mass is 9.85. The van der Waals surface area contributed by atoms with Gasteiger partial charge in [0.2, 0.25) is 0 Å². The highest BCUT2D eigenvalue weighted by Gasteiger charge is 2.59. The number of fused-ring (bicyclic) bond motifs is 1. The van der Waals surface area contributed by atoms with Gasteiger partial charge in [0.15, 0.2) is 23.4 Å². The van der Waals surface area contributed by atoms with Crippen molar-refractivity contribution < 1.29 is 22.7 Å². The van der Waals surface area contributed by atoms with Crippen LogP contribution in [0.25, 0.3) is 5.83 Å². The number of carbonyl (C=O) groups is 1. The molecule has 0 saturated carbocycles. The van der Waals surface area contributed by atoms with Gasteiger partial charge in [0, 0.05) is 31.6 Å². The van der Waals surface area contributed by atoms with E-state index in [4.69, 9.17) is 10.5 Å². The summed E-state index contributed by atoms with van der Waals surface area (Å²) in [6.45, 7) is 7.26. The minimum absolute atomic E-state index is 0.0982. The summed E-state index contributed by atoms with van der Waals surface area (Å²) >= 11 is 0. The molecule has 0 bridgehead atoms. The molecule has 1 aromatic rings. The van der Waals surface area contributed by atoms with E-state index in [1.165, 1.54) is 19.3 Å². The highest BCUT2D eigenvalue weighted by Crippen LogP contribution is 2.41. The van der Waals surface area contributed by atoms with E-state index in [0.717, 1.165) is 6.20 Å². The van der Waals surface area contributed by atoms with Crippen molar-refractivity contribution in [3.05, 3.63) is 48.0 Å². The fraction of sp³-hybridized carbons (Fsp3) is 0.500. The van der Waals surface area contributed by atoms with Gasteiger partial charge in [-0.1, -0.05) is 6.58 Å². The minimum Gasteiger partial charge on any atom is -0.402 e. The Hall–Kier alpha value is -3.21. The Kier molecular flexibility index (Phi) is 6.98. The van der Waals surface area contributed by atoms with Crippen molar-refractivity contribution in [2.24, 2.45) is 10.7 Å². The van der Waals surface area contributed by atoms with Crippen molar-refractivity contribution >= 4 is 23.8 Å². The predicted molar refractivity (Wildman–Crippen MR) is 126 cm³/mol. The summed E-state index contributed by atoms with van der Waals surface area (Å²) in [6, 6.07) is 1.02. The fourth-order valence-corrected chi connectivity index (χ4v) is 4.81. The number of piperidine rings is 1. The third-order valence-corrected chi connectivity index (χ3v) is 6.95. The first-order valence-corrected chi connectivity index (χ1v) is 11.5. The first-order chi connectivity index (χ1) is 16.7. The predicted octanol–water partition coefficient (Wildman–Crippen LogP) is 3.23. The molecule has 3 saturated heterocycles. The van der Waals surface area contributed by atoms with Crippen LogP contribution >= 0.6 is 0 Å². The zero-order valence-electron chi connectivity index (χ0n) is 19.8. The molecule has 4 heterocycles. The second kappa shape index (κ2) is 9.80. The summed E-state index contributed by atoms with van der Waals surface area (Å²) in [6.07, 6.45) is 3.40. The van der Waals surface area contributed by atoms with E-state index in [1.54, 1.807) is 22.8 Å². The van der Waals surface area contributed by atoms with Crippen LogP contribution in [0.5, 0.6) is 0 Å². The number of nitrogens with two attached hydrogens (primary N) is 1. The fourth-order valence-electron chi connectivity index (χ4n) is 4.81. The van der Waals surface area contributed by atoms with E-state index in [0.29, 0.717) is 24.2 Å². The highest BCUT2D eigenvalue weighted by atomic mass is 19.1. The summed E-state index contributed by atoms with van der Waals surface area (Å²) in [5, 5.41) is 0. The van der Waals surface area contributed by atoms with Crippen LogP contribution in [0.4, 0.5) is 19.0 Å². The lowest BCUT2D eigenvalue weighted by Crippen LogP contribution is -2.68. The number of hydrogen-bond acceptors (Lipinski definition) is 7. The molecule has 11 heteroatoms. The van der Waals surface area contributed by atoms with Crippen LogP contribution in [-0.4, -0.2) is 70.5 Å². The van der Waals surface area contributed by atoms with Gasteiger partial charge in [-0.2, -0.15) is 0 Å².